The molecule has 100 valence electrons. The van der Waals surface area contributed by atoms with Crippen LogP contribution in [0.15, 0.2) is 42.5 Å². The second-order valence-electron chi connectivity index (χ2n) is 4.36. The average Bonchev–Trinajstić information content (AvgIpc) is 2.37. The quantitative estimate of drug-likeness (QED) is 0.910. The van der Waals surface area contributed by atoms with Crippen LogP contribution in [0.3, 0.4) is 0 Å². The zero-order chi connectivity index (χ0) is 14.0. The maximum absolute atomic E-state index is 13.8. The first-order valence-corrected chi connectivity index (χ1v) is 5.97. The first kappa shape index (κ1) is 13.5. The highest BCUT2D eigenvalue weighted by Gasteiger charge is 2.18. The molecule has 0 radical (unpaired) electrons. The standard InChI is InChI=1S/C15H15F2NO/c1-10(19)15-12(17)7-5-9-14(15)18(2)13-8-4-3-6-11(13)16/h3-10,19H,1-2H3/t10-/m1/s1. The Morgan fingerprint density at radius 3 is 2.16 bits per heavy atom. The van der Waals surface area contributed by atoms with E-state index in [0.717, 1.165) is 0 Å². The number of anilines is 2. The molecule has 0 aliphatic rings. The van der Waals surface area contributed by atoms with Gasteiger partial charge in [-0.05, 0) is 31.2 Å². The van der Waals surface area contributed by atoms with Gasteiger partial charge in [0.05, 0.1) is 11.8 Å². The number of nitrogens with zero attached hydrogens (tertiary/aromatic N) is 1. The summed E-state index contributed by atoms with van der Waals surface area (Å²) in [4.78, 5) is 1.53. The fourth-order valence-electron chi connectivity index (χ4n) is 2.09. The van der Waals surface area contributed by atoms with Crippen molar-refractivity contribution in [3.8, 4) is 0 Å². The van der Waals surface area contributed by atoms with Crippen molar-refractivity contribution in [1.29, 1.82) is 0 Å². The molecule has 0 heterocycles. The summed E-state index contributed by atoms with van der Waals surface area (Å²) < 4.78 is 27.6. The van der Waals surface area contributed by atoms with Gasteiger partial charge in [0.1, 0.15) is 11.6 Å². The average molecular weight is 263 g/mol. The van der Waals surface area contributed by atoms with E-state index < -0.39 is 17.7 Å². The van der Waals surface area contributed by atoms with Crippen LogP contribution in [0, 0.1) is 11.6 Å². The molecule has 2 aromatic carbocycles. The first-order chi connectivity index (χ1) is 9.02. The van der Waals surface area contributed by atoms with Gasteiger partial charge in [0.2, 0.25) is 0 Å². The Bertz CT molecular complexity index is 584. The molecule has 2 aromatic rings. The lowest BCUT2D eigenvalue weighted by Crippen LogP contribution is -2.15. The van der Waals surface area contributed by atoms with E-state index in [1.54, 1.807) is 31.3 Å². The molecule has 19 heavy (non-hydrogen) atoms. The summed E-state index contributed by atoms with van der Waals surface area (Å²) in [5, 5.41) is 9.69. The lowest BCUT2D eigenvalue weighted by atomic mass is 10.1. The van der Waals surface area contributed by atoms with Crippen LogP contribution in [0.5, 0.6) is 0 Å². The Kier molecular flexibility index (Phi) is 3.81. The number of rotatable bonds is 3. The highest BCUT2D eigenvalue weighted by atomic mass is 19.1. The summed E-state index contributed by atoms with van der Waals surface area (Å²) in [6, 6.07) is 10.7. The summed E-state index contributed by atoms with van der Waals surface area (Å²) in [5.41, 5.74) is 0.934. The molecule has 0 aliphatic carbocycles. The molecular weight excluding hydrogens is 248 g/mol. The van der Waals surface area contributed by atoms with Crippen molar-refractivity contribution in [2.75, 3.05) is 11.9 Å². The topological polar surface area (TPSA) is 23.5 Å². The lowest BCUT2D eigenvalue weighted by molar-refractivity contribution is 0.194. The Hall–Kier alpha value is -1.94. The number of aliphatic hydroxyl groups is 1. The van der Waals surface area contributed by atoms with Crippen LogP contribution in [0.1, 0.15) is 18.6 Å². The molecule has 0 saturated carbocycles. The number of hydrogen-bond donors (Lipinski definition) is 1. The maximum Gasteiger partial charge on any atom is 0.146 e. The summed E-state index contributed by atoms with van der Waals surface area (Å²) in [5.74, 6) is -0.901. The van der Waals surface area contributed by atoms with Crippen LogP contribution in [-0.4, -0.2) is 12.2 Å². The molecule has 2 rings (SSSR count). The Morgan fingerprint density at radius 2 is 1.53 bits per heavy atom. The minimum atomic E-state index is -0.967. The van der Waals surface area contributed by atoms with Gasteiger partial charge in [-0.15, -0.1) is 0 Å². The van der Waals surface area contributed by atoms with Crippen LogP contribution >= 0.6 is 0 Å². The van der Waals surface area contributed by atoms with Crippen LogP contribution in [0.4, 0.5) is 20.2 Å². The van der Waals surface area contributed by atoms with Crippen molar-refractivity contribution in [1.82, 2.24) is 0 Å². The molecular formula is C15H15F2NO. The van der Waals surface area contributed by atoms with Gasteiger partial charge in [-0.25, -0.2) is 8.78 Å². The van der Waals surface area contributed by atoms with Crippen LogP contribution in [0.25, 0.3) is 0 Å². The molecule has 0 unspecified atom stereocenters. The highest BCUT2D eigenvalue weighted by Crippen LogP contribution is 2.33. The van der Waals surface area contributed by atoms with E-state index in [1.807, 2.05) is 0 Å². The molecule has 0 fully saturated rings. The monoisotopic (exact) mass is 263 g/mol. The first-order valence-electron chi connectivity index (χ1n) is 5.97. The van der Waals surface area contributed by atoms with Crippen LogP contribution in [0.2, 0.25) is 0 Å². The van der Waals surface area contributed by atoms with Crippen molar-refractivity contribution in [2.45, 2.75) is 13.0 Å². The molecule has 0 aromatic heterocycles. The Morgan fingerprint density at radius 1 is 0.947 bits per heavy atom. The van der Waals surface area contributed by atoms with Crippen molar-refractivity contribution in [3.05, 3.63) is 59.7 Å². The van der Waals surface area contributed by atoms with Gasteiger partial charge >= 0.3 is 0 Å². The molecule has 4 heteroatoms. The van der Waals surface area contributed by atoms with Crippen LogP contribution in [-0.2, 0) is 0 Å². The summed E-state index contributed by atoms with van der Waals surface area (Å²) in [6.45, 7) is 1.48. The molecule has 0 spiro atoms. The molecule has 0 bridgehead atoms. The van der Waals surface area contributed by atoms with Crippen molar-refractivity contribution < 1.29 is 13.9 Å². The summed E-state index contributed by atoms with van der Waals surface area (Å²) >= 11 is 0. The fraction of sp³-hybridized carbons (Fsp3) is 0.200. The largest absolute Gasteiger partial charge is 0.389 e. The molecule has 0 saturated heterocycles. The highest BCUT2D eigenvalue weighted by molar-refractivity contribution is 5.66. The Balaban J connectivity index is 2.54. The number of halogens is 2. The predicted molar refractivity (Wildman–Crippen MR) is 71.5 cm³/mol. The molecule has 1 N–H and O–H groups in total. The maximum atomic E-state index is 13.8. The van der Waals surface area contributed by atoms with Crippen molar-refractivity contribution in [3.63, 3.8) is 0 Å². The summed E-state index contributed by atoms with van der Waals surface area (Å²) in [7, 11) is 1.64. The van der Waals surface area contributed by atoms with Gasteiger partial charge in [0, 0.05) is 18.3 Å². The van der Waals surface area contributed by atoms with E-state index in [9.17, 15) is 13.9 Å². The SMILES string of the molecule is C[C@@H](O)c1c(F)cccc1N(C)c1ccccc1F. The van der Waals surface area contributed by atoms with Gasteiger partial charge in [0.25, 0.3) is 0 Å². The molecule has 0 amide bonds. The zero-order valence-corrected chi connectivity index (χ0v) is 10.8. The van der Waals surface area contributed by atoms with E-state index in [4.69, 9.17) is 0 Å². The van der Waals surface area contributed by atoms with Crippen molar-refractivity contribution in [2.24, 2.45) is 0 Å². The second-order valence-corrected chi connectivity index (χ2v) is 4.36. The van der Waals surface area contributed by atoms with Gasteiger partial charge in [-0.1, -0.05) is 18.2 Å². The minimum Gasteiger partial charge on any atom is -0.389 e. The molecule has 2 nitrogen and oxygen atoms in total. The van der Waals surface area contributed by atoms with Gasteiger partial charge < -0.3 is 10.0 Å². The fourth-order valence-corrected chi connectivity index (χ4v) is 2.09. The predicted octanol–water partition coefficient (Wildman–Crippen LogP) is 3.79. The number of para-hydroxylation sites is 1. The van der Waals surface area contributed by atoms with E-state index in [-0.39, 0.29) is 5.56 Å². The zero-order valence-electron chi connectivity index (χ0n) is 10.8. The number of hydrogen-bond acceptors (Lipinski definition) is 2. The normalized spacial score (nSPS) is 12.3. The second kappa shape index (κ2) is 5.36. The van der Waals surface area contributed by atoms with E-state index in [0.29, 0.717) is 11.4 Å². The third-order valence-corrected chi connectivity index (χ3v) is 3.02. The van der Waals surface area contributed by atoms with Gasteiger partial charge in [-0.3, -0.25) is 0 Å². The smallest absolute Gasteiger partial charge is 0.146 e. The lowest BCUT2D eigenvalue weighted by Gasteiger charge is -2.24. The third kappa shape index (κ3) is 2.58. The third-order valence-electron chi connectivity index (χ3n) is 3.02. The number of benzene rings is 2. The Labute approximate surface area is 110 Å². The van der Waals surface area contributed by atoms with Gasteiger partial charge in [-0.2, -0.15) is 0 Å². The van der Waals surface area contributed by atoms with E-state index in [2.05, 4.69) is 0 Å². The summed E-state index contributed by atoms with van der Waals surface area (Å²) in [6.07, 6.45) is -0.967. The molecule has 1 atom stereocenters. The minimum absolute atomic E-state index is 0.160. The van der Waals surface area contributed by atoms with Crippen LogP contribution < -0.4 is 4.90 Å². The number of aliphatic hydroxyl groups excluding tert-OH is 1. The van der Waals surface area contributed by atoms with Gasteiger partial charge in [0.15, 0.2) is 0 Å². The van der Waals surface area contributed by atoms with E-state index >= 15 is 0 Å². The van der Waals surface area contributed by atoms with E-state index in [1.165, 1.54) is 30.0 Å². The molecule has 0 aliphatic heterocycles. The van der Waals surface area contributed by atoms with Crippen molar-refractivity contribution >= 4 is 11.4 Å².